The van der Waals surface area contributed by atoms with E-state index in [9.17, 15) is 13.2 Å². The second-order valence-corrected chi connectivity index (χ2v) is 7.27. The van der Waals surface area contributed by atoms with E-state index < -0.39 is 16.1 Å². The Balaban J connectivity index is 2.18. The van der Waals surface area contributed by atoms with Crippen LogP contribution in [0.25, 0.3) is 0 Å². The second-order valence-electron chi connectivity index (χ2n) is 5.34. The maximum Gasteiger partial charge on any atom is 0.242 e. The number of hydrogen-bond donors (Lipinski definition) is 1. The standard InChI is InChI=1S/C14H20N2O3S/c1-10-6-7-11(2)12(9-10)15-14(17)13-5-4-8-16(13)20(3,18)19/h6-7,9,13H,4-5,8H2,1-3H3,(H,15,17)/t13-/m0/s1. The van der Waals surface area contributed by atoms with Crippen molar-refractivity contribution in [2.24, 2.45) is 0 Å². The van der Waals surface area contributed by atoms with E-state index in [1.165, 1.54) is 4.31 Å². The molecule has 1 amide bonds. The van der Waals surface area contributed by atoms with Gasteiger partial charge in [0.05, 0.1) is 6.26 Å². The zero-order chi connectivity index (χ0) is 14.9. The SMILES string of the molecule is Cc1ccc(C)c(NC(=O)[C@@H]2CCCN2S(C)(=O)=O)c1. The number of hydrogen-bond acceptors (Lipinski definition) is 3. The molecule has 0 bridgehead atoms. The number of nitrogens with one attached hydrogen (secondary N) is 1. The Morgan fingerprint density at radius 1 is 1.35 bits per heavy atom. The first kappa shape index (κ1) is 15.0. The molecule has 1 aromatic rings. The van der Waals surface area contributed by atoms with Crippen molar-refractivity contribution in [2.75, 3.05) is 18.1 Å². The predicted octanol–water partition coefficient (Wildman–Crippen LogP) is 1.67. The van der Waals surface area contributed by atoms with Gasteiger partial charge in [0.1, 0.15) is 6.04 Å². The van der Waals surface area contributed by atoms with Crippen LogP contribution in [-0.4, -0.2) is 37.5 Å². The number of rotatable bonds is 3. The van der Waals surface area contributed by atoms with Gasteiger partial charge >= 0.3 is 0 Å². The molecule has 5 nitrogen and oxygen atoms in total. The summed E-state index contributed by atoms with van der Waals surface area (Å²) < 4.78 is 24.6. The Labute approximate surface area is 120 Å². The van der Waals surface area contributed by atoms with Gasteiger partial charge in [0.25, 0.3) is 0 Å². The molecule has 0 aliphatic carbocycles. The summed E-state index contributed by atoms with van der Waals surface area (Å²) in [7, 11) is -3.33. The summed E-state index contributed by atoms with van der Waals surface area (Å²) in [5.74, 6) is -0.248. The Hall–Kier alpha value is -1.40. The van der Waals surface area contributed by atoms with Crippen LogP contribution in [0.3, 0.4) is 0 Å². The van der Waals surface area contributed by atoms with Gasteiger partial charge in [0.15, 0.2) is 0 Å². The molecule has 1 aliphatic heterocycles. The minimum absolute atomic E-state index is 0.248. The largest absolute Gasteiger partial charge is 0.324 e. The van der Waals surface area contributed by atoms with Gasteiger partial charge in [0, 0.05) is 12.2 Å². The quantitative estimate of drug-likeness (QED) is 0.922. The number of anilines is 1. The van der Waals surface area contributed by atoms with E-state index in [1.807, 2.05) is 32.0 Å². The van der Waals surface area contributed by atoms with E-state index in [0.717, 1.165) is 29.5 Å². The van der Waals surface area contributed by atoms with Crippen molar-refractivity contribution in [1.29, 1.82) is 0 Å². The first-order valence-electron chi connectivity index (χ1n) is 6.64. The van der Waals surface area contributed by atoms with Crippen molar-refractivity contribution in [3.05, 3.63) is 29.3 Å². The lowest BCUT2D eigenvalue weighted by atomic mass is 10.1. The molecular formula is C14H20N2O3S. The maximum atomic E-state index is 12.3. The van der Waals surface area contributed by atoms with E-state index >= 15 is 0 Å². The van der Waals surface area contributed by atoms with Crippen LogP contribution in [0.15, 0.2) is 18.2 Å². The average Bonchev–Trinajstić information content (AvgIpc) is 2.82. The van der Waals surface area contributed by atoms with Crippen molar-refractivity contribution in [3.63, 3.8) is 0 Å². The van der Waals surface area contributed by atoms with E-state index in [4.69, 9.17) is 0 Å². The van der Waals surface area contributed by atoms with E-state index in [2.05, 4.69) is 5.32 Å². The highest BCUT2D eigenvalue weighted by Crippen LogP contribution is 2.23. The van der Waals surface area contributed by atoms with Crippen molar-refractivity contribution >= 4 is 21.6 Å². The van der Waals surface area contributed by atoms with Gasteiger partial charge in [0.2, 0.25) is 15.9 Å². The zero-order valence-corrected chi connectivity index (χ0v) is 12.8. The molecule has 1 N–H and O–H groups in total. The number of amides is 1. The lowest BCUT2D eigenvalue weighted by molar-refractivity contribution is -0.119. The normalized spacial score (nSPS) is 20.1. The summed E-state index contributed by atoms with van der Waals surface area (Å²) in [5.41, 5.74) is 2.76. The summed E-state index contributed by atoms with van der Waals surface area (Å²) >= 11 is 0. The molecule has 1 fully saturated rings. The first-order valence-corrected chi connectivity index (χ1v) is 8.49. The van der Waals surface area contributed by atoms with Crippen LogP contribution in [0.5, 0.6) is 0 Å². The van der Waals surface area contributed by atoms with Gasteiger partial charge in [-0.15, -0.1) is 0 Å². The molecule has 1 saturated heterocycles. The second kappa shape index (κ2) is 5.54. The van der Waals surface area contributed by atoms with Gasteiger partial charge in [-0.1, -0.05) is 12.1 Å². The molecule has 1 heterocycles. The van der Waals surface area contributed by atoms with Gasteiger partial charge in [-0.25, -0.2) is 8.42 Å². The summed E-state index contributed by atoms with van der Waals surface area (Å²) in [6.07, 6.45) is 2.44. The van der Waals surface area contributed by atoms with Crippen LogP contribution >= 0.6 is 0 Å². The molecule has 0 aromatic heterocycles. The molecular weight excluding hydrogens is 276 g/mol. The molecule has 0 radical (unpaired) electrons. The highest BCUT2D eigenvalue weighted by molar-refractivity contribution is 7.88. The molecule has 1 aromatic carbocycles. The summed E-state index contributed by atoms with van der Waals surface area (Å²) in [6, 6.07) is 5.22. The third kappa shape index (κ3) is 3.19. The lowest BCUT2D eigenvalue weighted by Gasteiger charge is -2.21. The van der Waals surface area contributed by atoms with Gasteiger partial charge in [-0.3, -0.25) is 4.79 Å². The van der Waals surface area contributed by atoms with Gasteiger partial charge < -0.3 is 5.32 Å². The minimum atomic E-state index is -3.33. The molecule has 0 saturated carbocycles. The first-order chi connectivity index (χ1) is 9.29. The smallest absolute Gasteiger partial charge is 0.242 e. The Morgan fingerprint density at radius 2 is 2.05 bits per heavy atom. The average molecular weight is 296 g/mol. The van der Waals surface area contributed by atoms with Crippen LogP contribution in [-0.2, 0) is 14.8 Å². The highest BCUT2D eigenvalue weighted by Gasteiger charge is 2.36. The van der Waals surface area contributed by atoms with Crippen LogP contribution in [0.4, 0.5) is 5.69 Å². The Morgan fingerprint density at radius 3 is 2.70 bits per heavy atom. The van der Waals surface area contributed by atoms with Crippen molar-refractivity contribution < 1.29 is 13.2 Å². The molecule has 20 heavy (non-hydrogen) atoms. The van der Waals surface area contributed by atoms with E-state index in [0.29, 0.717) is 13.0 Å². The number of aryl methyl sites for hydroxylation is 2. The minimum Gasteiger partial charge on any atom is -0.324 e. The summed E-state index contributed by atoms with van der Waals surface area (Å²) in [6.45, 7) is 4.29. The third-order valence-corrected chi connectivity index (χ3v) is 4.87. The Bertz CT molecular complexity index is 625. The topological polar surface area (TPSA) is 66.5 Å². The van der Waals surface area contributed by atoms with Crippen LogP contribution in [0, 0.1) is 13.8 Å². The lowest BCUT2D eigenvalue weighted by Crippen LogP contribution is -2.42. The highest BCUT2D eigenvalue weighted by atomic mass is 32.2. The molecule has 2 rings (SSSR count). The molecule has 6 heteroatoms. The third-order valence-electron chi connectivity index (χ3n) is 3.58. The predicted molar refractivity (Wildman–Crippen MR) is 79.1 cm³/mol. The van der Waals surface area contributed by atoms with Crippen LogP contribution < -0.4 is 5.32 Å². The number of sulfonamides is 1. The number of carbonyl (C=O) groups excluding carboxylic acids is 1. The van der Waals surface area contributed by atoms with E-state index in [-0.39, 0.29) is 5.91 Å². The van der Waals surface area contributed by atoms with Crippen LogP contribution in [0.1, 0.15) is 24.0 Å². The fourth-order valence-electron chi connectivity index (χ4n) is 2.49. The molecule has 1 atom stereocenters. The summed E-state index contributed by atoms with van der Waals surface area (Å²) in [5, 5.41) is 2.85. The fourth-order valence-corrected chi connectivity index (χ4v) is 3.61. The number of carbonyl (C=O) groups is 1. The van der Waals surface area contributed by atoms with E-state index in [1.54, 1.807) is 0 Å². The van der Waals surface area contributed by atoms with Crippen molar-refractivity contribution in [1.82, 2.24) is 4.31 Å². The summed E-state index contributed by atoms with van der Waals surface area (Å²) in [4.78, 5) is 12.3. The van der Waals surface area contributed by atoms with Crippen molar-refractivity contribution in [2.45, 2.75) is 32.7 Å². The van der Waals surface area contributed by atoms with Crippen LogP contribution in [0.2, 0.25) is 0 Å². The zero-order valence-electron chi connectivity index (χ0n) is 12.0. The molecule has 1 aliphatic rings. The van der Waals surface area contributed by atoms with Gasteiger partial charge in [-0.2, -0.15) is 4.31 Å². The van der Waals surface area contributed by atoms with Gasteiger partial charge in [-0.05, 0) is 43.9 Å². The number of nitrogens with zero attached hydrogens (tertiary/aromatic N) is 1. The monoisotopic (exact) mass is 296 g/mol. The number of benzene rings is 1. The molecule has 0 spiro atoms. The molecule has 110 valence electrons. The van der Waals surface area contributed by atoms with Crippen molar-refractivity contribution in [3.8, 4) is 0 Å². The fraction of sp³-hybridized carbons (Fsp3) is 0.500. The maximum absolute atomic E-state index is 12.3. The molecule has 0 unspecified atom stereocenters. The Kier molecular flexibility index (Phi) is 4.15.